The molecule has 0 saturated carbocycles. The van der Waals surface area contributed by atoms with E-state index >= 15 is 0 Å². The maximum atomic E-state index is 14.6. The Labute approximate surface area is 216 Å². The highest BCUT2D eigenvalue weighted by Gasteiger charge is 2.35. The van der Waals surface area contributed by atoms with Gasteiger partial charge in [0.15, 0.2) is 0 Å². The predicted molar refractivity (Wildman–Crippen MR) is 135 cm³/mol. The van der Waals surface area contributed by atoms with Crippen molar-refractivity contribution in [3.63, 3.8) is 0 Å². The average molecular weight is 586 g/mol. The topological polar surface area (TPSA) is 57.7 Å². The molecule has 3 aromatic carbocycles. The van der Waals surface area contributed by atoms with Gasteiger partial charge in [-0.2, -0.15) is 4.31 Å². The summed E-state index contributed by atoms with van der Waals surface area (Å²) < 4.78 is 43.5. The molecule has 0 spiro atoms. The van der Waals surface area contributed by atoms with Crippen LogP contribution in [-0.2, 0) is 27.8 Å². The van der Waals surface area contributed by atoms with Gasteiger partial charge in [-0.3, -0.25) is 4.79 Å². The number of anilines is 1. The fraction of sp³-hybridized carbons (Fsp3) is 0.208. The Morgan fingerprint density at radius 3 is 2.53 bits per heavy atom. The van der Waals surface area contributed by atoms with E-state index in [4.69, 9.17) is 23.2 Å². The van der Waals surface area contributed by atoms with Crippen LogP contribution in [0, 0.1) is 5.82 Å². The molecule has 10 heteroatoms. The Kier molecular flexibility index (Phi) is 7.36. The van der Waals surface area contributed by atoms with Gasteiger partial charge in [0.1, 0.15) is 5.82 Å². The number of sulfonamides is 1. The molecule has 3 aromatic rings. The van der Waals surface area contributed by atoms with E-state index in [-0.39, 0.29) is 21.5 Å². The van der Waals surface area contributed by atoms with E-state index in [0.29, 0.717) is 11.4 Å². The second kappa shape index (κ2) is 9.95. The van der Waals surface area contributed by atoms with Gasteiger partial charge in [-0.05, 0) is 73.5 Å². The smallest absolute Gasteiger partial charge is 0.243 e. The molecule has 1 unspecified atom stereocenters. The zero-order valence-corrected chi connectivity index (χ0v) is 21.9. The third-order valence-corrected chi connectivity index (χ3v) is 8.59. The predicted octanol–water partition coefficient (Wildman–Crippen LogP) is 6.06. The molecular weight excluding hydrogens is 566 g/mol. The number of benzene rings is 3. The minimum Gasteiger partial charge on any atom is -0.308 e. The van der Waals surface area contributed by atoms with Crippen molar-refractivity contribution in [1.82, 2.24) is 4.31 Å². The highest BCUT2D eigenvalue weighted by atomic mass is 79.9. The highest BCUT2D eigenvalue weighted by molar-refractivity contribution is 9.10. The van der Waals surface area contributed by atoms with E-state index in [9.17, 15) is 17.6 Å². The molecule has 34 heavy (non-hydrogen) atoms. The summed E-state index contributed by atoms with van der Waals surface area (Å²) in [5, 5.41) is 0.445. The first-order valence-electron chi connectivity index (χ1n) is 10.4. The maximum Gasteiger partial charge on any atom is 0.243 e. The van der Waals surface area contributed by atoms with Crippen LogP contribution in [0.25, 0.3) is 0 Å². The second-order valence-corrected chi connectivity index (χ2v) is 11.7. The van der Waals surface area contributed by atoms with Crippen LogP contribution in [-0.4, -0.2) is 31.2 Å². The number of carbonyl (C=O) groups is 1. The van der Waals surface area contributed by atoms with Crippen molar-refractivity contribution < 1.29 is 17.6 Å². The van der Waals surface area contributed by atoms with E-state index in [1.165, 1.54) is 42.5 Å². The van der Waals surface area contributed by atoms with E-state index in [1.54, 1.807) is 4.90 Å². The summed E-state index contributed by atoms with van der Waals surface area (Å²) in [4.78, 5) is 15.0. The SMILES string of the molecule is CC1Cc2cc(Br)ccc2N1C(=O)CN(Cc1c(F)cccc1Cl)S(=O)(=O)c1ccc(Cl)cc1. The van der Waals surface area contributed by atoms with Crippen LogP contribution in [0.2, 0.25) is 10.0 Å². The lowest BCUT2D eigenvalue weighted by molar-refractivity contribution is -0.119. The Morgan fingerprint density at radius 1 is 1.15 bits per heavy atom. The van der Waals surface area contributed by atoms with Gasteiger partial charge in [0.05, 0.1) is 11.4 Å². The van der Waals surface area contributed by atoms with Crippen molar-refractivity contribution >= 4 is 60.7 Å². The molecule has 178 valence electrons. The van der Waals surface area contributed by atoms with Crippen LogP contribution in [0.15, 0.2) is 70.0 Å². The molecule has 0 radical (unpaired) electrons. The van der Waals surface area contributed by atoms with Crippen LogP contribution >= 0.6 is 39.1 Å². The third kappa shape index (κ3) is 5.02. The van der Waals surface area contributed by atoms with E-state index in [0.717, 1.165) is 20.0 Å². The lowest BCUT2D eigenvalue weighted by Crippen LogP contribution is -2.45. The maximum absolute atomic E-state index is 14.6. The van der Waals surface area contributed by atoms with Crippen molar-refractivity contribution in [1.29, 1.82) is 0 Å². The molecule has 1 aliphatic heterocycles. The number of hydrogen-bond acceptors (Lipinski definition) is 3. The average Bonchev–Trinajstić information content (AvgIpc) is 3.10. The molecule has 4 rings (SSSR count). The van der Waals surface area contributed by atoms with Crippen molar-refractivity contribution in [3.05, 3.63) is 92.1 Å². The lowest BCUT2D eigenvalue weighted by Gasteiger charge is -2.28. The fourth-order valence-corrected chi connectivity index (χ4v) is 6.16. The molecule has 0 saturated heterocycles. The minimum atomic E-state index is -4.18. The van der Waals surface area contributed by atoms with Crippen LogP contribution in [0.1, 0.15) is 18.1 Å². The van der Waals surface area contributed by atoms with Crippen LogP contribution in [0.5, 0.6) is 0 Å². The van der Waals surface area contributed by atoms with Crippen molar-refractivity contribution in [3.8, 4) is 0 Å². The monoisotopic (exact) mass is 584 g/mol. The molecule has 1 heterocycles. The lowest BCUT2D eigenvalue weighted by atomic mass is 10.1. The third-order valence-electron chi connectivity index (χ3n) is 5.69. The highest BCUT2D eigenvalue weighted by Crippen LogP contribution is 2.35. The van der Waals surface area contributed by atoms with Crippen molar-refractivity contribution in [2.75, 3.05) is 11.4 Å². The first kappa shape index (κ1) is 25.1. The van der Waals surface area contributed by atoms with Crippen LogP contribution < -0.4 is 4.90 Å². The summed E-state index contributed by atoms with van der Waals surface area (Å²) in [5.74, 6) is -1.07. The van der Waals surface area contributed by atoms with Gasteiger partial charge >= 0.3 is 0 Å². The Morgan fingerprint density at radius 2 is 1.85 bits per heavy atom. The van der Waals surface area contributed by atoms with Gasteiger partial charge in [-0.1, -0.05) is 45.2 Å². The first-order valence-corrected chi connectivity index (χ1v) is 13.4. The van der Waals surface area contributed by atoms with Gasteiger partial charge in [-0.25, -0.2) is 12.8 Å². The van der Waals surface area contributed by atoms with Gasteiger partial charge in [-0.15, -0.1) is 0 Å². The second-order valence-electron chi connectivity index (χ2n) is 8.02. The van der Waals surface area contributed by atoms with Crippen LogP contribution in [0.3, 0.4) is 0 Å². The molecule has 1 aliphatic rings. The fourth-order valence-electron chi connectivity index (χ4n) is 4.05. The zero-order chi connectivity index (χ0) is 24.6. The number of carbonyl (C=O) groups excluding carboxylic acids is 1. The van der Waals surface area contributed by atoms with Crippen LogP contribution in [0.4, 0.5) is 10.1 Å². The molecular formula is C24H20BrCl2FN2O3S. The molecule has 0 aliphatic carbocycles. The zero-order valence-electron chi connectivity index (χ0n) is 18.0. The minimum absolute atomic E-state index is 0.00620. The Balaban J connectivity index is 1.71. The summed E-state index contributed by atoms with van der Waals surface area (Å²) in [6, 6.07) is 15.2. The summed E-state index contributed by atoms with van der Waals surface area (Å²) in [5.41, 5.74) is 1.71. The summed E-state index contributed by atoms with van der Waals surface area (Å²) in [6.45, 7) is 1.00. The van der Waals surface area contributed by atoms with E-state index < -0.39 is 34.8 Å². The number of fused-ring (bicyclic) bond motifs is 1. The van der Waals surface area contributed by atoms with Crippen molar-refractivity contribution in [2.45, 2.75) is 30.8 Å². The van der Waals surface area contributed by atoms with Gasteiger partial charge in [0.2, 0.25) is 15.9 Å². The molecule has 1 atom stereocenters. The van der Waals surface area contributed by atoms with Crippen molar-refractivity contribution in [2.24, 2.45) is 0 Å². The quantitative estimate of drug-likeness (QED) is 0.353. The number of amides is 1. The first-order chi connectivity index (χ1) is 16.1. The number of halogens is 4. The van der Waals surface area contributed by atoms with Gasteiger partial charge in [0.25, 0.3) is 0 Å². The normalized spacial score (nSPS) is 15.6. The van der Waals surface area contributed by atoms with Gasteiger partial charge < -0.3 is 4.90 Å². The molecule has 5 nitrogen and oxygen atoms in total. The largest absolute Gasteiger partial charge is 0.308 e. The molecule has 1 amide bonds. The number of hydrogen-bond donors (Lipinski definition) is 0. The standard InChI is InChI=1S/C24H20BrCl2FN2O3S/c1-15-11-16-12-17(25)5-10-23(16)30(15)24(31)14-29(13-20-21(27)3-2-4-22(20)28)34(32,33)19-8-6-18(26)7-9-19/h2-10,12,15H,11,13-14H2,1H3. The molecule has 0 fully saturated rings. The summed E-state index contributed by atoms with van der Waals surface area (Å²) in [7, 11) is -4.18. The van der Waals surface area contributed by atoms with E-state index in [1.807, 2.05) is 25.1 Å². The molecule has 0 N–H and O–H groups in total. The van der Waals surface area contributed by atoms with E-state index in [2.05, 4.69) is 15.9 Å². The Hall–Kier alpha value is -1.97. The van der Waals surface area contributed by atoms with Gasteiger partial charge in [0, 0.05) is 38.4 Å². The molecule has 0 aromatic heterocycles. The number of rotatable bonds is 6. The summed E-state index contributed by atoms with van der Waals surface area (Å²) in [6.07, 6.45) is 0.642. The summed E-state index contributed by atoms with van der Waals surface area (Å²) >= 11 is 15.5. The Bertz CT molecular complexity index is 1330. The number of nitrogens with zero attached hydrogens (tertiary/aromatic N) is 2. The molecule has 0 bridgehead atoms.